The zero-order valence-corrected chi connectivity index (χ0v) is 14.4. The Balaban J connectivity index is 2.18. The van der Waals surface area contributed by atoms with E-state index in [1.165, 1.54) is 6.07 Å². The molecule has 1 amide bonds. The molecule has 0 fully saturated rings. The van der Waals surface area contributed by atoms with Crippen LogP contribution in [0, 0.1) is 13.8 Å². The molecule has 0 radical (unpaired) electrons. The molecule has 2 aromatic heterocycles. The van der Waals surface area contributed by atoms with Gasteiger partial charge in [0.1, 0.15) is 5.75 Å². The van der Waals surface area contributed by atoms with Gasteiger partial charge in [-0.2, -0.15) is 0 Å². The Bertz CT molecular complexity index is 994. The first-order valence-electron chi connectivity index (χ1n) is 8.03. The number of aromatic nitrogens is 2. The fourth-order valence-corrected chi connectivity index (χ4v) is 2.94. The van der Waals surface area contributed by atoms with Crippen LogP contribution in [0.25, 0.3) is 10.8 Å². The molecule has 6 nitrogen and oxygen atoms in total. The standard InChI is InChI=1S/C19H19N3O3/c1-4-25-16-7-5-6-15(23)17-12(2)22(13(3)18(16)17)21-19(24)14-8-10-20-11-9-14/h5-11H,4H2,1-3H3,(H,21,24). The van der Waals surface area contributed by atoms with Crippen molar-refractivity contribution in [1.82, 2.24) is 9.66 Å². The lowest BCUT2D eigenvalue weighted by atomic mass is 10.2. The second-order valence-corrected chi connectivity index (χ2v) is 5.62. The number of hydrogen-bond acceptors (Lipinski definition) is 4. The quantitative estimate of drug-likeness (QED) is 0.794. The molecular weight excluding hydrogens is 318 g/mol. The van der Waals surface area contributed by atoms with Crippen molar-refractivity contribution in [1.29, 1.82) is 0 Å². The van der Waals surface area contributed by atoms with E-state index < -0.39 is 0 Å². The number of carbonyl (C=O) groups is 1. The highest BCUT2D eigenvalue weighted by Gasteiger charge is 2.18. The first-order valence-corrected chi connectivity index (χ1v) is 8.03. The molecule has 0 aliphatic carbocycles. The molecule has 3 aromatic rings. The second kappa shape index (κ2) is 6.76. The van der Waals surface area contributed by atoms with E-state index in [4.69, 9.17) is 4.74 Å². The molecule has 0 saturated heterocycles. The summed E-state index contributed by atoms with van der Waals surface area (Å²) in [6.07, 6.45) is 3.12. The molecule has 0 saturated carbocycles. The molecule has 0 bridgehead atoms. The highest BCUT2D eigenvalue weighted by atomic mass is 16.5. The zero-order chi connectivity index (χ0) is 18.0. The minimum Gasteiger partial charge on any atom is -0.493 e. The van der Waals surface area contributed by atoms with Crippen LogP contribution in [0.15, 0.2) is 47.5 Å². The van der Waals surface area contributed by atoms with E-state index >= 15 is 0 Å². The van der Waals surface area contributed by atoms with Crippen LogP contribution in [-0.2, 0) is 0 Å². The van der Waals surface area contributed by atoms with Gasteiger partial charge in [0.05, 0.1) is 17.4 Å². The Hall–Kier alpha value is -3.15. The summed E-state index contributed by atoms with van der Waals surface area (Å²) >= 11 is 0. The van der Waals surface area contributed by atoms with Crippen LogP contribution in [0.5, 0.6) is 5.75 Å². The van der Waals surface area contributed by atoms with Crippen molar-refractivity contribution in [2.45, 2.75) is 20.8 Å². The maximum Gasteiger partial charge on any atom is 0.270 e. The Labute approximate surface area is 145 Å². The Morgan fingerprint density at radius 1 is 1.12 bits per heavy atom. The van der Waals surface area contributed by atoms with Gasteiger partial charge in [0.15, 0.2) is 5.43 Å². The first kappa shape index (κ1) is 16.7. The Kier molecular flexibility index (Phi) is 4.52. The van der Waals surface area contributed by atoms with Gasteiger partial charge in [-0.05, 0) is 45.0 Å². The summed E-state index contributed by atoms with van der Waals surface area (Å²) in [5, 5.41) is 1.25. The maximum atomic E-state index is 12.5. The summed E-state index contributed by atoms with van der Waals surface area (Å²) in [5.74, 6) is 0.348. The molecule has 0 unspecified atom stereocenters. The van der Waals surface area contributed by atoms with Gasteiger partial charge in [-0.25, -0.2) is 0 Å². The smallest absolute Gasteiger partial charge is 0.270 e. The van der Waals surface area contributed by atoms with Crippen molar-refractivity contribution in [3.63, 3.8) is 0 Å². The van der Waals surface area contributed by atoms with E-state index in [0.717, 1.165) is 5.69 Å². The van der Waals surface area contributed by atoms with Gasteiger partial charge >= 0.3 is 0 Å². The number of carbonyl (C=O) groups excluding carboxylic acids is 1. The lowest BCUT2D eigenvalue weighted by Crippen LogP contribution is -2.24. The topological polar surface area (TPSA) is 73.2 Å². The lowest BCUT2D eigenvalue weighted by molar-refractivity contribution is 0.101. The van der Waals surface area contributed by atoms with Crippen molar-refractivity contribution >= 4 is 16.7 Å². The third-order valence-corrected chi connectivity index (χ3v) is 4.09. The normalized spacial score (nSPS) is 10.7. The zero-order valence-electron chi connectivity index (χ0n) is 14.4. The monoisotopic (exact) mass is 337 g/mol. The van der Waals surface area contributed by atoms with Gasteiger partial charge in [0.2, 0.25) is 0 Å². The molecule has 1 N–H and O–H groups in total. The van der Waals surface area contributed by atoms with E-state index in [1.54, 1.807) is 48.3 Å². The van der Waals surface area contributed by atoms with Crippen molar-refractivity contribution < 1.29 is 9.53 Å². The summed E-state index contributed by atoms with van der Waals surface area (Å²) in [7, 11) is 0. The van der Waals surface area contributed by atoms with Gasteiger partial charge < -0.3 is 4.74 Å². The highest BCUT2D eigenvalue weighted by Crippen LogP contribution is 2.29. The molecule has 6 heteroatoms. The molecule has 25 heavy (non-hydrogen) atoms. The van der Waals surface area contributed by atoms with E-state index in [-0.39, 0.29) is 11.3 Å². The SMILES string of the molecule is CCOc1cccc(=O)c2c(C)n(NC(=O)c3ccncc3)c(C)c12. The number of fused-ring (bicyclic) bond motifs is 1. The number of amides is 1. The minimum absolute atomic E-state index is 0.113. The van der Waals surface area contributed by atoms with Gasteiger partial charge in [-0.1, -0.05) is 6.07 Å². The summed E-state index contributed by atoms with van der Waals surface area (Å²) in [6, 6.07) is 8.23. The van der Waals surface area contributed by atoms with Crippen LogP contribution < -0.4 is 15.6 Å². The van der Waals surface area contributed by atoms with Gasteiger partial charge in [0, 0.05) is 29.3 Å². The summed E-state index contributed by atoms with van der Waals surface area (Å²) < 4.78 is 7.34. The van der Waals surface area contributed by atoms with Gasteiger partial charge in [-0.15, -0.1) is 0 Å². The van der Waals surface area contributed by atoms with Crippen LogP contribution in [0.3, 0.4) is 0 Å². The summed E-state index contributed by atoms with van der Waals surface area (Å²) in [5.41, 5.74) is 4.63. The number of aryl methyl sites for hydroxylation is 2. The van der Waals surface area contributed by atoms with Crippen molar-refractivity contribution in [2.24, 2.45) is 0 Å². The Morgan fingerprint density at radius 2 is 1.80 bits per heavy atom. The molecule has 2 heterocycles. The van der Waals surface area contributed by atoms with Crippen molar-refractivity contribution in [2.75, 3.05) is 12.0 Å². The number of nitrogens with zero attached hydrogens (tertiary/aromatic N) is 2. The molecule has 128 valence electrons. The minimum atomic E-state index is -0.274. The van der Waals surface area contributed by atoms with Gasteiger partial charge in [0.25, 0.3) is 5.91 Å². The van der Waals surface area contributed by atoms with Crippen molar-refractivity contribution in [3.05, 3.63) is 69.9 Å². The number of pyridine rings is 1. The second-order valence-electron chi connectivity index (χ2n) is 5.62. The summed E-state index contributed by atoms with van der Waals surface area (Å²) in [4.78, 5) is 28.9. The highest BCUT2D eigenvalue weighted by molar-refractivity contribution is 6.01. The summed E-state index contributed by atoms with van der Waals surface area (Å²) in [6.45, 7) is 6.03. The van der Waals surface area contributed by atoms with E-state index in [2.05, 4.69) is 10.4 Å². The fraction of sp³-hybridized carbons (Fsp3) is 0.211. The van der Waals surface area contributed by atoms with Crippen LogP contribution in [-0.4, -0.2) is 22.2 Å². The molecule has 1 aromatic carbocycles. The molecule has 3 rings (SSSR count). The number of hydrogen-bond donors (Lipinski definition) is 1. The van der Waals surface area contributed by atoms with Crippen LogP contribution in [0.4, 0.5) is 0 Å². The predicted molar refractivity (Wildman–Crippen MR) is 96.8 cm³/mol. The van der Waals surface area contributed by atoms with Crippen LogP contribution in [0.2, 0.25) is 0 Å². The molecular formula is C19H19N3O3. The largest absolute Gasteiger partial charge is 0.493 e. The van der Waals surface area contributed by atoms with Crippen LogP contribution >= 0.6 is 0 Å². The lowest BCUT2D eigenvalue weighted by Gasteiger charge is -2.11. The van der Waals surface area contributed by atoms with Gasteiger partial charge in [-0.3, -0.25) is 24.7 Å². The average molecular weight is 337 g/mol. The Morgan fingerprint density at radius 3 is 2.48 bits per heavy atom. The maximum absolute atomic E-state index is 12.5. The molecule has 0 aliphatic heterocycles. The predicted octanol–water partition coefficient (Wildman–Crippen LogP) is 2.80. The first-order chi connectivity index (χ1) is 12.0. The van der Waals surface area contributed by atoms with Crippen molar-refractivity contribution in [3.8, 4) is 5.75 Å². The molecule has 0 aliphatic rings. The van der Waals surface area contributed by atoms with Crippen LogP contribution in [0.1, 0.15) is 28.7 Å². The number of nitrogens with one attached hydrogen (secondary N) is 1. The van der Waals surface area contributed by atoms with E-state index in [0.29, 0.717) is 34.4 Å². The van der Waals surface area contributed by atoms with E-state index in [1.807, 2.05) is 13.8 Å². The number of rotatable bonds is 4. The molecule has 0 spiro atoms. The average Bonchev–Trinajstić information content (AvgIpc) is 2.76. The third-order valence-electron chi connectivity index (χ3n) is 4.09. The van der Waals surface area contributed by atoms with E-state index in [9.17, 15) is 9.59 Å². The number of ether oxygens (including phenoxy) is 1. The fourth-order valence-electron chi connectivity index (χ4n) is 2.94. The third kappa shape index (κ3) is 2.98. The molecule has 0 atom stereocenters.